The average Bonchev–Trinajstić information content (AvgIpc) is 2.19. The number of nitrogens with two attached hydrogens (primary N) is 1. The summed E-state index contributed by atoms with van der Waals surface area (Å²) >= 11 is 0. The van der Waals surface area contributed by atoms with Crippen LogP contribution < -0.4 is 5.73 Å². The number of hydrogen-bond donors (Lipinski definition) is 1. The van der Waals surface area contributed by atoms with Gasteiger partial charge in [-0.3, -0.25) is 0 Å². The van der Waals surface area contributed by atoms with Gasteiger partial charge in [-0.1, -0.05) is 35.0 Å². The number of oxime groups is 1. The molecular formula is C11H16N2O. The molecule has 0 saturated carbocycles. The van der Waals surface area contributed by atoms with Gasteiger partial charge in [-0.2, -0.15) is 0 Å². The molecule has 0 unspecified atom stereocenters. The van der Waals surface area contributed by atoms with E-state index in [1.807, 2.05) is 19.1 Å². The van der Waals surface area contributed by atoms with Crippen molar-refractivity contribution in [1.82, 2.24) is 0 Å². The van der Waals surface area contributed by atoms with E-state index in [0.717, 1.165) is 11.3 Å². The van der Waals surface area contributed by atoms with Crippen molar-refractivity contribution in [2.45, 2.75) is 13.8 Å². The molecule has 0 amide bonds. The number of nitrogens with zero attached hydrogens (tertiary/aromatic N) is 1. The first-order chi connectivity index (χ1) is 6.74. The van der Waals surface area contributed by atoms with Crippen LogP contribution in [0.15, 0.2) is 29.4 Å². The second-order valence-electron chi connectivity index (χ2n) is 3.16. The summed E-state index contributed by atoms with van der Waals surface area (Å²) in [5.74, 6) is 0. The fourth-order valence-corrected chi connectivity index (χ4v) is 1.04. The quantitative estimate of drug-likeness (QED) is 0.448. The van der Waals surface area contributed by atoms with Gasteiger partial charge in [-0.25, -0.2) is 0 Å². The predicted octanol–water partition coefficient (Wildman–Crippen LogP) is 1.69. The zero-order valence-corrected chi connectivity index (χ0v) is 8.66. The predicted molar refractivity (Wildman–Crippen MR) is 58.4 cm³/mol. The van der Waals surface area contributed by atoms with E-state index < -0.39 is 0 Å². The lowest BCUT2D eigenvalue weighted by Gasteiger charge is -2.01. The second-order valence-corrected chi connectivity index (χ2v) is 3.16. The molecule has 0 atom stereocenters. The first-order valence-corrected chi connectivity index (χ1v) is 4.67. The standard InChI is InChI=1S/C11H16N2O/c1-9-3-5-11(6-4-9)10(2)13-14-8-7-12/h3-6H,7-8,12H2,1-2H3/b13-10+. The SMILES string of the molecule is C/C(=N\OCCN)c1ccc(C)cc1. The third-order valence-corrected chi connectivity index (χ3v) is 1.88. The van der Waals surface area contributed by atoms with Crippen LogP contribution in [0, 0.1) is 6.92 Å². The molecule has 0 aliphatic heterocycles. The normalized spacial score (nSPS) is 11.5. The van der Waals surface area contributed by atoms with Crippen molar-refractivity contribution in [3.8, 4) is 0 Å². The zero-order valence-electron chi connectivity index (χ0n) is 8.66. The lowest BCUT2D eigenvalue weighted by Crippen LogP contribution is -2.06. The second kappa shape index (κ2) is 5.40. The highest BCUT2D eigenvalue weighted by molar-refractivity contribution is 5.98. The van der Waals surface area contributed by atoms with Crippen molar-refractivity contribution >= 4 is 5.71 Å². The fourth-order valence-electron chi connectivity index (χ4n) is 1.04. The fraction of sp³-hybridized carbons (Fsp3) is 0.364. The topological polar surface area (TPSA) is 47.6 Å². The Labute approximate surface area is 84.6 Å². The summed E-state index contributed by atoms with van der Waals surface area (Å²) < 4.78 is 0. The molecule has 0 aliphatic rings. The zero-order chi connectivity index (χ0) is 10.4. The Morgan fingerprint density at radius 2 is 2.00 bits per heavy atom. The highest BCUT2D eigenvalue weighted by atomic mass is 16.6. The first kappa shape index (κ1) is 10.7. The summed E-state index contributed by atoms with van der Waals surface area (Å²) in [6.45, 7) is 4.93. The van der Waals surface area contributed by atoms with E-state index in [9.17, 15) is 0 Å². The van der Waals surface area contributed by atoms with Crippen LogP contribution in [0.2, 0.25) is 0 Å². The van der Waals surface area contributed by atoms with Gasteiger partial charge in [-0.15, -0.1) is 0 Å². The van der Waals surface area contributed by atoms with Gasteiger partial charge < -0.3 is 10.6 Å². The van der Waals surface area contributed by atoms with Gasteiger partial charge in [0.05, 0.1) is 5.71 Å². The molecular weight excluding hydrogens is 176 g/mol. The average molecular weight is 192 g/mol. The van der Waals surface area contributed by atoms with E-state index in [2.05, 4.69) is 24.2 Å². The van der Waals surface area contributed by atoms with Crippen LogP contribution in [0.5, 0.6) is 0 Å². The van der Waals surface area contributed by atoms with E-state index in [1.54, 1.807) is 0 Å². The van der Waals surface area contributed by atoms with Gasteiger partial charge in [0.15, 0.2) is 0 Å². The van der Waals surface area contributed by atoms with Crippen LogP contribution in [0.25, 0.3) is 0 Å². The van der Waals surface area contributed by atoms with Gasteiger partial charge >= 0.3 is 0 Å². The molecule has 2 N–H and O–H groups in total. The van der Waals surface area contributed by atoms with Crippen molar-refractivity contribution in [2.75, 3.05) is 13.2 Å². The summed E-state index contributed by atoms with van der Waals surface area (Å²) in [6, 6.07) is 8.16. The molecule has 3 nitrogen and oxygen atoms in total. The summed E-state index contributed by atoms with van der Waals surface area (Å²) in [5, 5.41) is 3.95. The summed E-state index contributed by atoms with van der Waals surface area (Å²) in [6.07, 6.45) is 0. The number of benzene rings is 1. The molecule has 0 radical (unpaired) electrons. The van der Waals surface area contributed by atoms with Gasteiger partial charge in [0, 0.05) is 6.54 Å². The molecule has 0 spiro atoms. The highest BCUT2D eigenvalue weighted by Gasteiger charge is 1.96. The van der Waals surface area contributed by atoms with Crippen molar-refractivity contribution in [2.24, 2.45) is 10.9 Å². The molecule has 3 heteroatoms. The lowest BCUT2D eigenvalue weighted by molar-refractivity contribution is 0.152. The third kappa shape index (κ3) is 3.18. The largest absolute Gasteiger partial charge is 0.394 e. The van der Waals surface area contributed by atoms with Crippen molar-refractivity contribution in [1.29, 1.82) is 0 Å². The van der Waals surface area contributed by atoms with Gasteiger partial charge in [0.1, 0.15) is 6.61 Å². The molecule has 1 rings (SSSR count). The van der Waals surface area contributed by atoms with Crippen LogP contribution in [0.3, 0.4) is 0 Å². The summed E-state index contributed by atoms with van der Waals surface area (Å²) in [4.78, 5) is 4.99. The minimum absolute atomic E-state index is 0.462. The maximum Gasteiger partial charge on any atom is 0.129 e. The minimum Gasteiger partial charge on any atom is -0.394 e. The molecule has 0 saturated heterocycles. The number of hydrogen-bond acceptors (Lipinski definition) is 3. The van der Waals surface area contributed by atoms with Crippen molar-refractivity contribution in [3.05, 3.63) is 35.4 Å². The maximum atomic E-state index is 5.28. The highest BCUT2D eigenvalue weighted by Crippen LogP contribution is 2.04. The Morgan fingerprint density at radius 1 is 1.36 bits per heavy atom. The van der Waals surface area contributed by atoms with Crippen LogP contribution in [0.1, 0.15) is 18.1 Å². The molecule has 1 aromatic carbocycles. The molecule has 1 aromatic rings. The van der Waals surface area contributed by atoms with E-state index in [4.69, 9.17) is 10.6 Å². The Bertz CT molecular complexity index is 304. The molecule has 0 fully saturated rings. The monoisotopic (exact) mass is 192 g/mol. The van der Waals surface area contributed by atoms with Crippen LogP contribution in [-0.2, 0) is 4.84 Å². The maximum absolute atomic E-state index is 5.28. The number of aryl methyl sites for hydroxylation is 1. The third-order valence-electron chi connectivity index (χ3n) is 1.88. The minimum atomic E-state index is 0.462. The van der Waals surface area contributed by atoms with E-state index in [1.165, 1.54) is 5.56 Å². The molecule has 0 aliphatic carbocycles. The Balaban J connectivity index is 2.64. The van der Waals surface area contributed by atoms with Gasteiger partial charge in [-0.05, 0) is 19.4 Å². The summed E-state index contributed by atoms with van der Waals surface area (Å²) in [5.41, 5.74) is 8.47. The Kier molecular flexibility index (Phi) is 4.13. The smallest absolute Gasteiger partial charge is 0.129 e. The molecule has 0 bridgehead atoms. The molecule has 0 heterocycles. The van der Waals surface area contributed by atoms with Crippen LogP contribution >= 0.6 is 0 Å². The molecule has 14 heavy (non-hydrogen) atoms. The Morgan fingerprint density at radius 3 is 2.57 bits per heavy atom. The van der Waals surface area contributed by atoms with E-state index in [0.29, 0.717) is 13.2 Å². The van der Waals surface area contributed by atoms with Gasteiger partial charge in [0.25, 0.3) is 0 Å². The Hall–Kier alpha value is -1.35. The van der Waals surface area contributed by atoms with E-state index >= 15 is 0 Å². The van der Waals surface area contributed by atoms with Crippen molar-refractivity contribution < 1.29 is 4.84 Å². The summed E-state index contributed by atoms with van der Waals surface area (Å²) in [7, 11) is 0. The van der Waals surface area contributed by atoms with Crippen molar-refractivity contribution in [3.63, 3.8) is 0 Å². The lowest BCUT2D eigenvalue weighted by atomic mass is 10.1. The van der Waals surface area contributed by atoms with Crippen LogP contribution in [-0.4, -0.2) is 18.9 Å². The first-order valence-electron chi connectivity index (χ1n) is 4.67. The molecule has 0 aromatic heterocycles. The van der Waals surface area contributed by atoms with Gasteiger partial charge in [0.2, 0.25) is 0 Å². The molecule has 76 valence electrons. The number of rotatable bonds is 4. The van der Waals surface area contributed by atoms with Crippen LogP contribution in [0.4, 0.5) is 0 Å². The van der Waals surface area contributed by atoms with E-state index in [-0.39, 0.29) is 0 Å².